The lowest BCUT2D eigenvalue weighted by Gasteiger charge is -1.96. The molecular weight excluding hydrogens is 170 g/mol. The molecule has 2 aromatic rings. The first kappa shape index (κ1) is 7.66. The van der Waals surface area contributed by atoms with E-state index in [0.29, 0.717) is 11.4 Å². The van der Waals surface area contributed by atoms with Crippen molar-refractivity contribution in [1.82, 2.24) is 25.0 Å². The highest BCUT2D eigenvalue weighted by Gasteiger charge is 2.04. The molecule has 0 saturated carbocycles. The van der Waals surface area contributed by atoms with Crippen molar-refractivity contribution in [2.24, 2.45) is 7.05 Å². The minimum absolute atomic E-state index is 0.189. The number of aryl methyl sites for hydroxylation is 1. The summed E-state index contributed by atoms with van der Waals surface area (Å²) in [6.45, 7) is 0. The fraction of sp³-hybridized carbons (Fsp3) is 0.143. The Balaban J connectivity index is 2.59. The molecular formula is C7H7N5O. The summed E-state index contributed by atoms with van der Waals surface area (Å²) in [7, 11) is 1.74. The Kier molecular flexibility index (Phi) is 1.66. The van der Waals surface area contributed by atoms with E-state index in [1.165, 1.54) is 12.4 Å². The highest BCUT2D eigenvalue weighted by atomic mass is 16.1. The summed E-state index contributed by atoms with van der Waals surface area (Å²) in [5.41, 5.74) is 1.09. The summed E-state index contributed by atoms with van der Waals surface area (Å²) >= 11 is 0. The average Bonchev–Trinajstić information content (AvgIpc) is 2.51. The summed E-state index contributed by atoms with van der Waals surface area (Å²) < 4.78 is 1.56. The van der Waals surface area contributed by atoms with Gasteiger partial charge < -0.3 is 4.98 Å². The van der Waals surface area contributed by atoms with E-state index in [1.807, 2.05) is 0 Å². The summed E-state index contributed by atoms with van der Waals surface area (Å²) in [5.74, 6) is 0. The van der Waals surface area contributed by atoms with Crippen LogP contribution in [0.25, 0.3) is 11.4 Å². The SMILES string of the molecule is Cn1nncc1-c1cc(=O)[nH]cn1. The molecule has 66 valence electrons. The maximum absolute atomic E-state index is 11.0. The maximum atomic E-state index is 11.0. The minimum atomic E-state index is -0.189. The zero-order chi connectivity index (χ0) is 9.26. The van der Waals surface area contributed by atoms with E-state index in [0.717, 1.165) is 0 Å². The minimum Gasteiger partial charge on any atom is -0.313 e. The molecule has 2 aromatic heterocycles. The second-order valence-electron chi connectivity index (χ2n) is 2.54. The molecule has 2 heterocycles. The number of aromatic amines is 1. The number of nitrogens with one attached hydrogen (secondary N) is 1. The largest absolute Gasteiger partial charge is 0.313 e. The molecule has 0 spiro atoms. The van der Waals surface area contributed by atoms with Crippen molar-refractivity contribution >= 4 is 0 Å². The van der Waals surface area contributed by atoms with Crippen LogP contribution in [-0.4, -0.2) is 25.0 Å². The fourth-order valence-electron chi connectivity index (χ4n) is 1.03. The standard InChI is InChI=1S/C7H7N5O/c1-12-6(3-10-11-12)5-2-7(13)9-4-8-5/h2-4H,1H3,(H,8,9,13). The average molecular weight is 177 g/mol. The molecule has 13 heavy (non-hydrogen) atoms. The van der Waals surface area contributed by atoms with Gasteiger partial charge in [-0.3, -0.25) is 4.79 Å². The molecule has 6 nitrogen and oxygen atoms in total. The van der Waals surface area contributed by atoms with E-state index in [-0.39, 0.29) is 5.56 Å². The van der Waals surface area contributed by atoms with Crippen LogP contribution in [0, 0.1) is 0 Å². The normalized spacial score (nSPS) is 10.2. The zero-order valence-corrected chi connectivity index (χ0v) is 6.93. The Morgan fingerprint density at radius 3 is 3.00 bits per heavy atom. The molecule has 0 bridgehead atoms. The van der Waals surface area contributed by atoms with E-state index in [9.17, 15) is 4.79 Å². The Labute approximate surface area is 73.2 Å². The number of rotatable bonds is 1. The van der Waals surface area contributed by atoms with Crippen LogP contribution in [0.4, 0.5) is 0 Å². The molecule has 0 aromatic carbocycles. The lowest BCUT2D eigenvalue weighted by atomic mass is 10.3. The summed E-state index contributed by atoms with van der Waals surface area (Å²) in [6, 6.07) is 1.40. The van der Waals surface area contributed by atoms with Crippen molar-refractivity contribution in [3.05, 3.63) is 28.9 Å². The molecule has 0 amide bonds. The number of aromatic nitrogens is 5. The molecule has 0 atom stereocenters. The molecule has 6 heteroatoms. The van der Waals surface area contributed by atoms with Gasteiger partial charge in [-0.1, -0.05) is 5.21 Å². The van der Waals surface area contributed by atoms with E-state index >= 15 is 0 Å². The van der Waals surface area contributed by atoms with Gasteiger partial charge in [0.25, 0.3) is 5.56 Å². The van der Waals surface area contributed by atoms with Crippen molar-refractivity contribution in [3.63, 3.8) is 0 Å². The van der Waals surface area contributed by atoms with Gasteiger partial charge in [-0.25, -0.2) is 9.67 Å². The number of hydrogen-bond donors (Lipinski definition) is 1. The van der Waals surface area contributed by atoms with Gasteiger partial charge in [0.05, 0.1) is 18.2 Å². The molecule has 1 N–H and O–H groups in total. The first-order chi connectivity index (χ1) is 6.27. The van der Waals surface area contributed by atoms with Gasteiger partial charge in [-0.15, -0.1) is 5.10 Å². The lowest BCUT2D eigenvalue weighted by molar-refractivity contribution is 0.719. The maximum Gasteiger partial charge on any atom is 0.251 e. The molecule has 0 fully saturated rings. The van der Waals surface area contributed by atoms with Gasteiger partial charge in [0.15, 0.2) is 0 Å². The van der Waals surface area contributed by atoms with Crippen LogP contribution in [0.3, 0.4) is 0 Å². The first-order valence-corrected chi connectivity index (χ1v) is 3.67. The Bertz CT molecular complexity index is 471. The predicted molar refractivity (Wildman–Crippen MR) is 44.9 cm³/mol. The Hall–Kier alpha value is -1.98. The molecule has 0 aliphatic heterocycles. The Morgan fingerprint density at radius 2 is 2.38 bits per heavy atom. The fourth-order valence-corrected chi connectivity index (χ4v) is 1.03. The molecule has 0 radical (unpaired) electrons. The number of nitrogens with zero attached hydrogens (tertiary/aromatic N) is 4. The molecule has 2 rings (SSSR count). The molecule has 0 aliphatic carbocycles. The zero-order valence-electron chi connectivity index (χ0n) is 6.93. The molecule has 0 unspecified atom stereocenters. The van der Waals surface area contributed by atoms with Crippen LogP contribution in [0.15, 0.2) is 23.4 Å². The summed E-state index contributed by atoms with van der Waals surface area (Å²) in [6.07, 6.45) is 2.91. The van der Waals surface area contributed by atoms with Crippen molar-refractivity contribution in [1.29, 1.82) is 0 Å². The van der Waals surface area contributed by atoms with Crippen LogP contribution in [0.1, 0.15) is 0 Å². The van der Waals surface area contributed by atoms with Crippen molar-refractivity contribution in [2.75, 3.05) is 0 Å². The predicted octanol–water partition coefficient (Wildman–Crippen LogP) is -0.435. The van der Waals surface area contributed by atoms with Crippen molar-refractivity contribution < 1.29 is 0 Å². The van der Waals surface area contributed by atoms with Gasteiger partial charge in [0, 0.05) is 13.1 Å². The van der Waals surface area contributed by atoms with Crippen LogP contribution >= 0.6 is 0 Å². The van der Waals surface area contributed by atoms with Gasteiger partial charge in [-0.2, -0.15) is 0 Å². The van der Waals surface area contributed by atoms with Crippen LogP contribution in [-0.2, 0) is 7.05 Å². The van der Waals surface area contributed by atoms with Gasteiger partial charge >= 0.3 is 0 Å². The number of H-pyrrole nitrogens is 1. The van der Waals surface area contributed by atoms with E-state index in [4.69, 9.17) is 0 Å². The van der Waals surface area contributed by atoms with Crippen molar-refractivity contribution in [2.45, 2.75) is 0 Å². The van der Waals surface area contributed by atoms with Gasteiger partial charge in [0.1, 0.15) is 5.69 Å². The smallest absolute Gasteiger partial charge is 0.251 e. The van der Waals surface area contributed by atoms with Gasteiger partial charge in [-0.05, 0) is 0 Å². The molecule has 0 aliphatic rings. The van der Waals surface area contributed by atoms with Crippen LogP contribution < -0.4 is 5.56 Å². The van der Waals surface area contributed by atoms with Crippen LogP contribution in [0.2, 0.25) is 0 Å². The third-order valence-corrected chi connectivity index (χ3v) is 1.66. The third-order valence-electron chi connectivity index (χ3n) is 1.66. The van der Waals surface area contributed by atoms with E-state index < -0.39 is 0 Å². The second kappa shape index (κ2) is 2.81. The lowest BCUT2D eigenvalue weighted by Crippen LogP contribution is -2.06. The Morgan fingerprint density at radius 1 is 1.54 bits per heavy atom. The van der Waals surface area contributed by atoms with E-state index in [1.54, 1.807) is 17.9 Å². The third kappa shape index (κ3) is 1.33. The topological polar surface area (TPSA) is 76.5 Å². The quantitative estimate of drug-likeness (QED) is 0.641. The second-order valence-corrected chi connectivity index (χ2v) is 2.54. The first-order valence-electron chi connectivity index (χ1n) is 3.67. The van der Waals surface area contributed by atoms with E-state index in [2.05, 4.69) is 20.3 Å². The molecule has 0 saturated heterocycles. The summed E-state index contributed by atoms with van der Waals surface area (Å²) in [4.78, 5) is 17.4. The summed E-state index contributed by atoms with van der Waals surface area (Å²) in [5, 5.41) is 7.43. The highest BCUT2D eigenvalue weighted by Crippen LogP contribution is 2.09. The number of hydrogen-bond acceptors (Lipinski definition) is 4. The highest BCUT2D eigenvalue weighted by molar-refractivity contribution is 5.51. The van der Waals surface area contributed by atoms with Crippen molar-refractivity contribution in [3.8, 4) is 11.4 Å². The van der Waals surface area contributed by atoms with Crippen LogP contribution in [0.5, 0.6) is 0 Å². The monoisotopic (exact) mass is 177 g/mol. The van der Waals surface area contributed by atoms with Gasteiger partial charge in [0.2, 0.25) is 0 Å².